The van der Waals surface area contributed by atoms with Gasteiger partial charge >= 0.3 is 5.69 Å². The first-order chi connectivity index (χ1) is 11.9. The molecule has 1 aliphatic rings. The van der Waals surface area contributed by atoms with Gasteiger partial charge in [0.25, 0.3) is 0 Å². The molecule has 2 heterocycles. The zero-order valence-electron chi connectivity index (χ0n) is 14.0. The van der Waals surface area contributed by atoms with Crippen LogP contribution in [0.3, 0.4) is 0 Å². The van der Waals surface area contributed by atoms with Crippen molar-refractivity contribution >= 4 is 29.0 Å². The fourth-order valence-electron chi connectivity index (χ4n) is 2.91. The average Bonchev–Trinajstić information content (AvgIpc) is 2.54. The monoisotopic (exact) mass is 344 g/mol. The number of para-hydroxylation sites is 1. The molecule has 0 saturated carbocycles. The number of nitrogens with one attached hydrogen (secondary N) is 1. The zero-order valence-corrected chi connectivity index (χ0v) is 14.0. The highest BCUT2D eigenvalue weighted by molar-refractivity contribution is 5.72. The molecule has 0 aliphatic carbocycles. The van der Waals surface area contributed by atoms with Crippen molar-refractivity contribution < 1.29 is 9.66 Å². The van der Waals surface area contributed by atoms with Crippen molar-refractivity contribution in [2.45, 2.75) is 26.1 Å². The summed E-state index contributed by atoms with van der Waals surface area (Å²) < 4.78 is 5.69. The quantitative estimate of drug-likeness (QED) is 0.640. The molecule has 0 radical (unpaired) electrons. The number of hydrogen-bond donors (Lipinski definition) is 2. The summed E-state index contributed by atoms with van der Waals surface area (Å²) in [5, 5.41) is 14.5. The third kappa shape index (κ3) is 3.77. The van der Waals surface area contributed by atoms with Gasteiger partial charge in [0.05, 0.1) is 17.1 Å². The SMILES string of the molecule is C[C@@H]1CN(c2nc(Nc3ccccc3)nc(N)c2[N+](=O)[O-])C[C@H](C)O1. The van der Waals surface area contributed by atoms with E-state index in [9.17, 15) is 10.1 Å². The molecule has 9 heteroatoms. The van der Waals surface area contributed by atoms with E-state index >= 15 is 0 Å². The van der Waals surface area contributed by atoms with Gasteiger partial charge in [-0.15, -0.1) is 0 Å². The number of morpholine rings is 1. The summed E-state index contributed by atoms with van der Waals surface area (Å²) in [7, 11) is 0. The van der Waals surface area contributed by atoms with Crippen molar-refractivity contribution in [2.24, 2.45) is 0 Å². The lowest BCUT2D eigenvalue weighted by molar-refractivity contribution is -0.383. The van der Waals surface area contributed by atoms with E-state index in [-0.39, 0.29) is 35.5 Å². The summed E-state index contributed by atoms with van der Waals surface area (Å²) in [6, 6.07) is 9.31. The Morgan fingerprint density at radius 3 is 2.48 bits per heavy atom. The molecule has 3 rings (SSSR count). The van der Waals surface area contributed by atoms with E-state index in [0.717, 1.165) is 5.69 Å². The minimum absolute atomic E-state index is 0.0647. The molecule has 2 aromatic rings. The highest BCUT2D eigenvalue weighted by Gasteiger charge is 2.32. The number of nitrogens with two attached hydrogens (primary N) is 1. The summed E-state index contributed by atoms with van der Waals surface area (Å²) in [6.07, 6.45) is -0.129. The van der Waals surface area contributed by atoms with Gasteiger partial charge in [0, 0.05) is 18.8 Å². The Morgan fingerprint density at radius 1 is 1.24 bits per heavy atom. The Labute approximate surface area is 145 Å². The lowest BCUT2D eigenvalue weighted by atomic mass is 10.2. The molecule has 2 atom stereocenters. The van der Waals surface area contributed by atoms with E-state index < -0.39 is 4.92 Å². The zero-order chi connectivity index (χ0) is 18.0. The molecule has 0 unspecified atom stereocenters. The van der Waals surface area contributed by atoms with Crippen LogP contribution < -0.4 is 16.0 Å². The second-order valence-corrected chi connectivity index (χ2v) is 6.02. The van der Waals surface area contributed by atoms with Crippen LogP contribution in [-0.2, 0) is 4.74 Å². The Hall–Kier alpha value is -2.94. The number of nitrogens with zero attached hydrogens (tertiary/aromatic N) is 4. The molecule has 9 nitrogen and oxygen atoms in total. The maximum atomic E-state index is 11.5. The number of rotatable bonds is 4. The van der Waals surface area contributed by atoms with Crippen LogP contribution >= 0.6 is 0 Å². The number of nitrogen functional groups attached to an aromatic ring is 1. The van der Waals surface area contributed by atoms with Gasteiger partial charge in [0.15, 0.2) is 0 Å². The summed E-state index contributed by atoms with van der Waals surface area (Å²) in [4.78, 5) is 21.2. The van der Waals surface area contributed by atoms with Gasteiger partial charge in [0.2, 0.25) is 17.6 Å². The fourth-order valence-corrected chi connectivity index (χ4v) is 2.91. The molecule has 25 heavy (non-hydrogen) atoms. The van der Waals surface area contributed by atoms with Gasteiger partial charge in [-0.1, -0.05) is 18.2 Å². The lowest BCUT2D eigenvalue weighted by Crippen LogP contribution is -2.46. The third-order valence-electron chi connectivity index (χ3n) is 3.82. The van der Waals surface area contributed by atoms with Crippen LogP contribution in [0.4, 0.5) is 29.0 Å². The van der Waals surface area contributed by atoms with Crippen LogP contribution in [-0.4, -0.2) is 40.2 Å². The van der Waals surface area contributed by atoms with Gasteiger partial charge in [-0.25, -0.2) is 0 Å². The van der Waals surface area contributed by atoms with E-state index in [1.807, 2.05) is 49.1 Å². The number of aromatic nitrogens is 2. The van der Waals surface area contributed by atoms with Crippen LogP contribution in [0, 0.1) is 10.1 Å². The number of anilines is 4. The minimum Gasteiger partial charge on any atom is -0.378 e. The Kier molecular flexibility index (Phi) is 4.66. The average molecular weight is 344 g/mol. The van der Waals surface area contributed by atoms with Gasteiger partial charge in [-0.2, -0.15) is 9.97 Å². The predicted molar refractivity (Wildman–Crippen MR) is 95.0 cm³/mol. The summed E-state index contributed by atoms with van der Waals surface area (Å²) in [5.74, 6) is 0.259. The minimum atomic E-state index is -0.540. The van der Waals surface area contributed by atoms with E-state index in [1.54, 1.807) is 0 Å². The Bertz CT molecular complexity index is 760. The normalized spacial score (nSPS) is 20.3. The third-order valence-corrected chi connectivity index (χ3v) is 3.82. The maximum Gasteiger partial charge on any atom is 0.353 e. The molecular formula is C16H20N6O3. The second kappa shape index (κ2) is 6.89. The van der Waals surface area contributed by atoms with Crippen LogP contribution in [0.5, 0.6) is 0 Å². The molecule has 1 saturated heterocycles. The smallest absolute Gasteiger partial charge is 0.353 e. The number of ether oxygens (including phenoxy) is 1. The van der Waals surface area contributed by atoms with Crippen molar-refractivity contribution in [2.75, 3.05) is 29.0 Å². The van der Waals surface area contributed by atoms with Crippen LogP contribution in [0.25, 0.3) is 0 Å². The van der Waals surface area contributed by atoms with Crippen molar-refractivity contribution in [3.8, 4) is 0 Å². The molecule has 132 valence electrons. The van der Waals surface area contributed by atoms with Gasteiger partial charge in [0.1, 0.15) is 0 Å². The van der Waals surface area contributed by atoms with Gasteiger partial charge in [-0.3, -0.25) is 10.1 Å². The first-order valence-electron chi connectivity index (χ1n) is 7.98. The molecule has 1 fully saturated rings. The highest BCUT2D eigenvalue weighted by atomic mass is 16.6. The second-order valence-electron chi connectivity index (χ2n) is 6.02. The molecule has 0 bridgehead atoms. The first kappa shape index (κ1) is 16.9. The number of nitro groups is 1. The first-order valence-corrected chi connectivity index (χ1v) is 7.98. The molecule has 0 spiro atoms. The van der Waals surface area contributed by atoms with E-state index in [0.29, 0.717) is 13.1 Å². The molecule has 0 amide bonds. The predicted octanol–water partition coefficient (Wildman–Crippen LogP) is 2.32. The van der Waals surface area contributed by atoms with Crippen molar-refractivity contribution in [3.63, 3.8) is 0 Å². The molecule has 1 aliphatic heterocycles. The summed E-state index contributed by atoms with van der Waals surface area (Å²) in [6.45, 7) is 4.82. The Morgan fingerprint density at radius 2 is 1.88 bits per heavy atom. The maximum absolute atomic E-state index is 11.5. The van der Waals surface area contributed by atoms with E-state index in [1.165, 1.54) is 0 Å². The standard InChI is InChI=1S/C16H20N6O3/c1-10-8-21(9-11(2)25-10)15-13(22(23)24)14(17)19-16(20-15)18-12-6-4-3-5-7-12/h3-7,10-11H,8-9H2,1-2H3,(H3,17,18,19,20)/t10-,11+. The van der Waals surface area contributed by atoms with Crippen LogP contribution in [0.15, 0.2) is 30.3 Å². The molecule has 3 N–H and O–H groups in total. The number of benzene rings is 1. The van der Waals surface area contributed by atoms with Crippen LogP contribution in [0.1, 0.15) is 13.8 Å². The summed E-state index contributed by atoms with van der Waals surface area (Å²) >= 11 is 0. The van der Waals surface area contributed by atoms with Crippen molar-refractivity contribution in [3.05, 3.63) is 40.4 Å². The van der Waals surface area contributed by atoms with Gasteiger partial charge < -0.3 is 20.7 Å². The van der Waals surface area contributed by atoms with Gasteiger partial charge in [-0.05, 0) is 26.0 Å². The Balaban J connectivity index is 2.00. The lowest BCUT2D eigenvalue weighted by Gasteiger charge is -2.35. The largest absolute Gasteiger partial charge is 0.378 e. The molecule has 1 aromatic carbocycles. The van der Waals surface area contributed by atoms with Crippen molar-refractivity contribution in [1.29, 1.82) is 0 Å². The van der Waals surface area contributed by atoms with Crippen LogP contribution in [0.2, 0.25) is 0 Å². The summed E-state index contributed by atoms with van der Waals surface area (Å²) in [5.41, 5.74) is 6.35. The fraction of sp³-hybridized carbons (Fsp3) is 0.375. The van der Waals surface area contributed by atoms with E-state index in [2.05, 4.69) is 15.3 Å². The molecule has 1 aromatic heterocycles. The highest BCUT2D eigenvalue weighted by Crippen LogP contribution is 2.34. The topological polar surface area (TPSA) is 119 Å². The number of hydrogen-bond acceptors (Lipinski definition) is 8. The van der Waals surface area contributed by atoms with E-state index in [4.69, 9.17) is 10.5 Å². The van der Waals surface area contributed by atoms with Crippen molar-refractivity contribution in [1.82, 2.24) is 9.97 Å². The molecular weight excluding hydrogens is 324 g/mol.